The normalized spacial score (nSPS) is 10.5. The molecule has 2 heterocycles. The summed E-state index contributed by atoms with van der Waals surface area (Å²) in [4.78, 5) is 23.2. The summed E-state index contributed by atoms with van der Waals surface area (Å²) in [7, 11) is 0. The van der Waals surface area contributed by atoms with Gasteiger partial charge in [0.1, 0.15) is 5.82 Å². The van der Waals surface area contributed by atoms with Crippen molar-refractivity contribution in [1.29, 1.82) is 5.26 Å². The molecule has 3 aromatic rings. The number of nitriles is 1. The van der Waals surface area contributed by atoms with Crippen LogP contribution in [0.25, 0.3) is 10.9 Å². The largest absolute Gasteiger partial charge is 0.333 e. The lowest BCUT2D eigenvalue weighted by molar-refractivity contribution is 0.0748. The molecule has 0 saturated carbocycles. The summed E-state index contributed by atoms with van der Waals surface area (Å²) >= 11 is 0. The second kappa shape index (κ2) is 7.70. The molecule has 0 unspecified atom stereocenters. The molecular weight excluding hydrogens is 331 g/mol. The average Bonchev–Trinajstić information content (AvgIpc) is 2.64. The number of carbonyl (C=O) groups excluding carboxylic acids is 1. The van der Waals surface area contributed by atoms with Gasteiger partial charge in [0.15, 0.2) is 0 Å². The minimum absolute atomic E-state index is 0.216. The van der Waals surface area contributed by atoms with Crippen LogP contribution in [-0.2, 0) is 6.54 Å². The third-order valence-corrected chi connectivity index (χ3v) is 4.01. The van der Waals surface area contributed by atoms with Crippen molar-refractivity contribution in [3.63, 3.8) is 0 Å². The fourth-order valence-electron chi connectivity index (χ4n) is 2.83. The highest BCUT2D eigenvalue weighted by Crippen LogP contribution is 2.22. The highest BCUT2D eigenvalue weighted by atomic mass is 19.1. The number of aromatic nitrogens is 2. The summed E-state index contributed by atoms with van der Waals surface area (Å²) < 4.78 is 13.5. The van der Waals surface area contributed by atoms with Crippen molar-refractivity contribution in [3.05, 3.63) is 71.4 Å². The van der Waals surface area contributed by atoms with E-state index < -0.39 is 5.82 Å². The van der Waals surface area contributed by atoms with E-state index in [-0.39, 0.29) is 12.3 Å². The molecule has 3 rings (SSSR count). The first-order chi connectivity index (χ1) is 12.6. The zero-order valence-electron chi connectivity index (χ0n) is 14.3. The molecule has 1 amide bonds. The van der Waals surface area contributed by atoms with Gasteiger partial charge in [0.05, 0.1) is 23.6 Å². The second-order valence-corrected chi connectivity index (χ2v) is 5.97. The Hall–Kier alpha value is -3.33. The van der Waals surface area contributed by atoms with Crippen LogP contribution in [0.3, 0.4) is 0 Å². The van der Waals surface area contributed by atoms with Gasteiger partial charge in [-0.1, -0.05) is 6.07 Å². The van der Waals surface area contributed by atoms with Gasteiger partial charge in [0.2, 0.25) is 0 Å². The van der Waals surface area contributed by atoms with E-state index in [2.05, 4.69) is 16.0 Å². The van der Waals surface area contributed by atoms with Crippen molar-refractivity contribution in [1.82, 2.24) is 14.9 Å². The molecule has 5 nitrogen and oxygen atoms in total. The fourth-order valence-corrected chi connectivity index (χ4v) is 2.83. The summed E-state index contributed by atoms with van der Waals surface area (Å²) in [6, 6.07) is 11.7. The van der Waals surface area contributed by atoms with E-state index in [0.717, 1.165) is 5.56 Å². The predicted molar refractivity (Wildman–Crippen MR) is 95.6 cm³/mol. The first kappa shape index (κ1) is 17.5. The van der Waals surface area contributed by atoms with Crippen LogP contribution in [0.5, 0.6) is 0 Å². The number of fused-ring (bicyclic) bond motifs is 1. The van der Waals surface area contributed by atoms with Crippen molar-refractivity contribution < 1.29 is 9.18 Å². The van der Waals surface area contributed by atoms with Crippen LogP contribution in [-0.4, -0.2) is 27.3 Å². The molecule has 0 N–H and O–H groups in total. The number of benzene rings is 1. The van der Waals surface area contributed by atoms with Crippen LogP contribution in [0.4, 0.5) is 4.39 Å². The van der Waals surface area contributed by atoms with Gasteiger partial charge in [-0.15, -0.1) is 0 Å². The first-order valence-corrected chi connectivity index (χ1v) is 8.20. The lowest BCUT2D eigenvalue weighted by Gasteiger charge is -2.22. The second-order valence-electron chi connectivity index (χ2n) is 5.97. The Balaban J connectivity index is 2.01. The van der Waals surface area contributed by atoms with E-state index in [1.54, 1.807) is 42.4 Å². The average molecular weight is 348 g/mol. The Morgan fingerprint density at radius 1 is 1.31 bits per heavy atom. The predicted octanol–water partition coefficient (Wildman–Crippen LogP) is 3.63. The first-order valence-electron chi connectivity index (χ1n) is 8.20. The van der Waals surface area contributed by atoms with Crippen LogP contribution in [0, 0.1) is 24.1 Å². The molecular formula is C20H17FN4O. The Morgan fingerprint density at radius 2 is 2.15 bits per heavy atom. The van der Waals surface area contributed by atoms with Crippen molar-refractivity contribution >= 4 is 16.8 Å². The van der Waals surface area contributed by atoms with Gasteiger partial charge in [0, 0.05) is 42.6 Å². The number of nitrogens with zero attached hydrogens (tertiary/aromatic N) is 4. The maximum absolute atomic E-state index is 13.5. The number of pyridine rings is 2. The summed E-state index contributed by atoms with van der Waals surface area (Å²) in [6.45, 7) is 2.41. The van der Waals surface area contributed by atoms with E-state index in [9.17, 15) is 9.18 Å². The van der Waals surface area contributed by atoms with Gasteiger partial charge in [-0.05, 0) is 36.8 Å². The third kappa shape index (κ3) is 3.83. The molecule has 0 aliphatic heterocycles. The van der Waals surface area contributed by atoms with Gasteiger partial charge in [-0.25, -0.2) is 4.39 Å². The van der Waals surface area contributed by atoms with E-state index in [1.165, 1.54) is 12.1 Å². The Bertz CT molecular complexity index is 977. The van der Waals surface area contributed by atoms with E-state index >= 15 is 0 Å². The molecule has 2 aromatic heterocycles. The van der Waals surface area contributed by atoms with Crippen molar-refractivity contribution in [3.8, 4) is 6.07 Å². The molecule has 0 saturated heterocycles. The number of halogens is 1. The van der Waals surface area contributed by atoms with Gasteiger partial charge < -0.3 is 4.90 Å². The van der Waals surface area contributed by atoms with Crippen LogP contribution in [0.2, 0.25) is 0 Å². The molecule has 1 aromatic carbocycles. The monoisotopic (exact) mass is 348 g/mol. The number of hydrogen-bond acceptors (Lipinski definition) is 4. The fraction of sp³-hybridized carbons (Fsp3) is 0.200. The van der Waals surface area contributed by atoms with Crippen molar-refractivity contribution in [2.24, 2.45) is 0 Å². The molecule has 0 fully saturated rings. The molecule has 26 heavy (non-hydrogen) atoms. The Labute approximate surface area is 150 Å². The minimum Gasteiger partial charge on any atom is -0.333 e. The van der Waals surface area contributed by atoms with Gasteiger partial charge >= 0.3 is 0 Å². The highest BCUT2D eigenvalue weighted by Gasteiger charge is 2.19. The standard InChI is InChI=1S/C20H17FN4O/c1-14-10-18(17-6-5-16(21)11-19(17)24-14)20(26)25(9-3-7-22)13-15-4-2-8-23-12-15/h2,4-6,8,10-12H,3,9,13H2,1H3. The summed E-state index contributed by atoms with van der Waals surface area (Å²) in [5.74, 6) is -0.614. The number of rotatable bonds is 5. The van der Waals surface area contributed by atoms with E-state index in [4.69, 9.17) is 5.26 Å². The zero-order valence-corrected chi connectivity index (χ0v) is 14.3. The molecule has 0 spiro atoms. The van der Waals surface area contributed by atoms with Gasteiger partial charge in [-0.2, -0.15) is 5.26 Å². The minimum atomic E-state index is -0.398. The maximum atomic E-state index is 13.5. The summed E-state index contributed by atoms with van der Waals surface area (Å²) in [6.07, 6.45) is 3.58. The molecule has 0 bridgehead atoms. The molecule has 0 atom stereocenters. The van der Waals surface area contributed by atoms with E-state index in [1.807, 2.05) is 6.07 Å². The van der Waals surface area contributed by atoms with Crippen LogP contribution in [0.15, 0.2) is 48.8 Å². The number of carbonyl (C=O) groups is 1. The zero-order chi connectivity index (χ0) is 18.5. The topological polar surface area (TPSA) is 69.9 Å². The summed E-state index contributed by atoms with van der Waals surface area (Å²) in [5.41, 5.74) is 2.40. The quantitative estimate of drug-likeness (QED) is 0.706. The van der Waals surface area contributed by atoms with Crippen molar-refractivity contribution in [2.75, 3.05) is 6.54 Å². The SMILES string of the molecule is Cc1cc(C(=O)N(CCC#N)Cc2cccnc2)c2ccc(F)cc2n1. The Morgan fingerprint density at radius 3 is 2.88 bits per heavy atom. The number of amides is 1. The van der Waals surface area contributed by atoms with Crippen LogP contribution in [0.1, 0.15) is 28.0 Å². The lowest BCUT2D eigenvalue weighted by Crippen LogP contribution is -2.31. The van der Waals surface area contributed by atoms with Gasteiger partial charge in [0.25, 0.3) is 5.91 Å². The maximum Gasteiger partial charge on any atom is 0.254 e. The Kier molecular flexibility index (Phi) is 5.18. The smallest absolute Gasteiger partial charge is 0.254 e. The third-order valence-electron chi connectivity index (χ3n) is 4.01. The molecule has 130 valence electrons. The molecule has 0 radical (unpaired) electrons. The highest BCUT2D eigenvalue weighted by molar-refractivity contribution is 6.06. The summed E-state index contributed by atoms with van der Waals surface area (Å²) in [5, 5.41) is 9.52. The molecule has 6 heteroatoms. The molecule has 0 aliphatic carbocycles. The van der Waals surface area contributed by atoms with Crippen molar-refractivity contribution in [2.45, 2.75) is 19.9 Å². The van der Waals surface area contributed by atoms with Gasteiger partial charge in [-0.3, -0.25) is 14.8 Å². The van der Waals surface area contributed by atoms with Crippen LogP contribution >= 0.6 is 0 Å². The number of aryl methyl sites for hydroxylation is 1. The number of hydrogen-bond donors (Lipinski definition) is 0. The lowest BCUT2D eigenvalue weighted by atomic mass is 10.1. The van der Waals surface area contributed by atoms with Crippen LogP contribution < -0.4 is 0 Å². The molecule has 0 aliphatic rings. The van der Waals surface area contributed by atoms with E-state index in [0.29, 0.717) is 35.2 Å².